The van der Waals surface area contributed by atoms with Crippen molar-refractivity contribution in [3.05, 3.63) is 0 Å². The number of rotatable bonds is 6. The lowest BCUT2D eigenvalue weighted by molar-refractivity contribution is -0.148. The van der Waals surface area contributed by atoms with Crippen LogP contribution in [-0.4, -0.2) is 40.5 Å². The lowest BCUT2D eigenvalue weighted by Gasteiger charge is -2.34. The smallest absolute Gasteiger partial charge is 0.323 e. The Kier molecular flexibility index (Phi) is 6.16. The molecule has 0 aliphatic rings. The molecule has 17 heavy (non-hydrogen) atoms. The Labute approximate surface area is 103 Å². The third-order valence-corrected chi connectivity index (χ3v) is 2.66. The minimum atomic E-state index is -0.986. The van der Waals surface area contributed by atoms with E-state index in [9.17, 15) is 9.59 Å². The maximum Gasteiger partial charge on any atom is 0.323 e. The first-order valence-electron chi connectivity index (χ1n) is 5.90. The molecule has 0 aliphatic heterocycles. The maximum atomic E-state index is 12.0. The highest BCUT2D eigenvalue weighted by atomic mass is 16.4. The largest absolute Gasteiger partial charge is 0.480 e. The molecule has 0 saturated heterocycles. The van der Waals surface area contributed by atoms with Crippen LogP contribution in [0.1, 0.15) is 40.5 Å². The second-order valence-electron chi connectivity index (χ2n) is 5.42. The summed E-state index contributed by atoms with van der Waals surface area (Å²) >= 11 is 0. The third-order valence-electron chi connectivity index (χ3n) is 2.66. The maximum absolute atomic E-state index is 12.0. The van der Waals surface area contributed by atoms with E-state index in [2.05, 4.69) is 0 Å². The number of carbonyl (C=O) groups excluding carboxylic acids is 1. The van der Waals surface area contributed by atoms with E-state index in [0.717, 1.165) is 0 Å². The van der Waals surface area contributed by atoms with Crippen LogP contribution in [0, 0.1) is 5.92 Å². The second kappa shape index (κ2) is 6.59. The first kappa shape index (κ1) is 15.9. The zero-order valence-corrected chi connectivity index (χ0v) is 11.2. The van der Waals surface area contributed by atoms with Crippen molar-refractivity contribution in [2.75, 3.05) is 13.1 Å². The molecule has 100 valence electrons. The zero-order chi connectivity index (χ0) is 13.6. The molecule has 0 aliphatic carbocycles. The number of carbonyl (C=O) groups is 2. The van der Waals surface area contributed by atoms with Crippen molar-refractivity contribution in [1.29, 1.82) is 0 Å². The molecule has 0 rings (SSSR count). The molecule has 1 unspecified atom stereocenters. The molecule has 0 aromatic rings. The molecule has 0 saturated carbocycles. The summed E-state index contributed by atoms with van der Waals surface area (Å²) in [7, 11) is 0. The second-order valence-corrected chi connectivity index (χ2v) is 5.42. The summed E-state index contributed by atoms with van der Waals surface area (Å²) in [6, 6.07) is 0. The number of nitrogens with zero attached hydrogens (tertiary/aromatic N) is 1. The minimum absolute atomic E-state index is 0.125. The highest BCUT2D eigenvalue weighted by Gasteiger charge is 2.28. The Morgan fingerprint density at radius 3 is 2.24 bits per heavy atom. The van der Waals surface area contributed by atoms with Gasteiger partial charge in [-0.1, -0.05) is 6.92 Å². The van der Waals surface area contributed by atoms with Crippen LogP contribution in [0.3, 0.4) is 0 Å². The SMILES string of the molecule is CC(CN)CCC(=O)N(CC(=O)O)C(C)(C)C. The van der Waals surface area contributed by atoms with Gasteiger partial charge in [-0.15, -0.1) is 0 Å². The van der Waals surface area contributed by atoms with Gasteiger partial charge >= 0.3 is 5.97 Å². The van der Waals surface area contributed by atoms with Gasteiger partial charge in [0.2, 0.25) is 5.91 Å². The van der Waals surface area contributed by atoms with Crippen LogP contribution in [0.15, 0.2) is 0 Å². The molecule has 5 heteroatoms. The Hall–Kier alpha value is -1.10. The number of aliphatic carboxylic acids is 1. The van der Waals surface area contributed by atoms with E-state index in [-0.39, 0.29) is 18.4 Å². The van der Waals surface area contributed by atoms with E-state index in [4.69, 9.17) is 10.8 Å². The van der Waals surface area contributed by atoms with Gasteiger partial charge in [0.15, 0.2) is 0 Å². The average molecular weight is 244 g/mol. The Morgan fingerprint density at radius 2 is 1.88 bits per heavy atom. The number of nitrogens with two attached hydrogens (primary N) is 1. The molecule has 0 radical (unpaired) electrons. The first-order valence-corrected chi connectivity index (χ1v) is 5.90. The molecule has 0 heterocycles. The van der Waals surface area contributed by atoms with Gasteiger partial charge in [0, 0.05) is 12.0 Å². The van der Waals surface area contributed by atoms with Crippen molar-refractivity contribution >= 4 is 11.9 Å². The van der Waals surface area contributed by atoms with E-state index in [1.54, 1.807) is 0 Å². The predicted octanol–water partition coefficient (Wildman–Crippen LogP) is 1.07. The van der Waals surface area contributed by atoms with E-state index in [1.807, 2.05) is 27.7 Å². The predicted molar refractivity (Wildman–Crippen MR) is 66.6 cm³/mol. The lowest BCUT2D eigenvalue weighted by Crippen LogP contribution is -2.48. The van der Waals surface area contributed by atoms with Gasteiger partial charge in [-0.2, -0.15) is 0 Å². The van der Waals surface area contributed by atoms with Gasteiger partial charge in [-0.25, -0.2) is 0 Å². The van der Waals surface area contributed by atoms with Gasteiger partial charge in [-0.3, -0.25) is 9.59 Å². The van der Waals surface area contributed by atoms with E-state index in [1.165, 1.54) is 4.90 Å². The van der Waals surface area contributed by atoms with E-state index >= 15 is 0 Å². The van der Waals surface area contributed by atoms with Crippen LogP contribution in [-0.2, 0) is 9.59 Å². The Balaban J connectivity index is 4.49. The quantitative estimate of drug-likeness (QED) is 0.732. The van der Waals surface area contributed by atoms with Crippen molar-refractivity contribution in [2.45, 2.75) is 46.1 Å². The molecular formula is C12H24N2O3. The van der Waals surface area contributed by atoms with Gasteiger partial charge in [-0.05, 0) is 39.7 Å². The van der Waals surface area contributed by atoms with Crippen LogP contribution in [0.4, 0.5) is 0 Å². The number of carboxylic acids is 1. The van der Waals surface area contributed by atoms with Crippen molar-refractivity contribution < 1.29 is 14.7 Å². The third kappa shape index (κ3) is 6.26. The normalized spacial score (nSPS) is 13.2. The number of carboxylic acid groups (broad SMARTS) is 1. The lowest BCUT2D eigenvalue weighted by atomic mass is 10.0. The standard InChI is InChI=1S/C12H24N2O3/c1-9(7-13)5-6-10(15)14(8-11(16)17)12(2,3)4/h9H,5-8,13H2,1-4H3,(H,16,17). The fourth-order valence-electron chi connectivity index (χ4n) is 1.46. The van der Waals surface area contributed by atoms with Crippen molar-refractivity contribution in [3.63, 3.8) is 0 Å². The van der Waals surface area contributed by atoms with Gasteiger partial charge in [0.1, 0.15) is 6.54 Å². The minimum Gasteiger partial charge on any atom is -0.480 e. The molecule has 0 aromatic heterocycles. The molecule has 3 N–H and O–H groups in total. The van der Waals surface area contributed by atoms with Crippen LogP contribution in [0.5, 0.6) is 0 Å². The summed E-state index contributed by atoms with van der Waals surface area (Å²) < 4.78 is 0. The fraction of sp³-hybridized carbons (Fsp3) is 0.833. The van der Waals surface area contributed by atoms with E-state index in [0.29, 0.717) is 19.4 Å². The molecular weight excluding hydrogens is 220 g/mol. The highest BCUT2D eigenvalue weighted by molar-refractivity contribution is 5.82. The summed E-state index contributed by atoms with van der Waals surface area (Å²) in [5.41, 5.74) is 5.01. The molecule has 0 spiro atoms. The van der Waals surface area contributed by atoms with Crippen molar-refractivity contribution in [1.82, 2.24) is 4.90 Å². The molecule has 0 fully saturated rings. The average Bonchev–Trinajstić information content (AvgIpc) is 2.20. The summed E-state index contributed by atoms with van der Waals surface area (Å²) in [5, 5.41) is 8.81. The molecule has 1 atom stereocenters. The monoisotopic (exact) mass is 244 g/mol. The van der Waals surface area contributed by atoms with Crippen molar-refractivity contribution in [3.8, 4) is 0 Å². The topological polar surface area (TPSA) is 83.6 Å². The summed E-state index contributed by atoms with van der Waals surface area (Å²) in [6.07, 6.45) is 1.05. The number of amides is 1. The van der Waals surface area contributed by atoms with Crippen LogP contribution in [0.2, 0.25) is 0 Å². The zero-order valence-electron chi connectivity index (χ0n) is 11.2. The number of hydrogen-bond acceptors (Lipinski definition) is 3. The molecule has 0 bridgehead atoms. The Bertz CT molecular complexity index is 271. The number of hydrogen-bond donors (Lipinski definition) is 2. The summed E-state index contributed by atoms with van der Waals surface area (Å²) in [5.74, 6) is -0.828. The van der Waals surface area contributed by atoms with Crippen LogP contribution >= 0.6 is 0 Å². The molecule has 1 amide bonds. The first-order chi connectivity index (χ1) is 7.68. The van der Waals surface area contributed by atoms with E-state index < -0.39 is 11.5 Å². The molecule has 0 aromatic carbocycles. The van der Waals surface area contributed by atoms with Gasteiger partial charge in [0.05, 0.1) is 0 Å². The summed E-state index contributed by atoms with van der Waals surface area (Å²) in [4.78, 5) is 24.1. The summed E-state index contributed by atoms with van der Waals surface area (Å²) in [6.45, 7) is 7.77. The fourth-order valence-corrected chi connectivity index (χ4v) is 1.46. The van der Waals surface area contributed by atoms with Crippen molar-refractivity contribution in [2.24, 2.45) is 11.7 Å². The van der Waals surface area contributed by atoms with Gasteiger partial charge < -0.3 is 15.7 Å². The van der Waals surface area contributed by atoms with Gasteiger partial charge in [0.25, 0.3) is 0 Å². The Morgan fingerprint density at radius 1 is 1.35 bits per heavy atom. The van der Waals surface area contributed by atoms with Crippen LogP contribution < -0.4 is 5.73 Å². The molecule has 5 nitrogen and oxygen atoms in total. The van der Waals surface area contributed by atoms with Crippen LogP contribution in [0.25, 0.3) is 0 Å². The highest BCUT2D eigenvalue weighted by Crippen LogP contribution is 2.16.